The largest absolute Gasteiger partial charge is 0.475 e. The zero-order valence-electron chi connectivity index (χ0n) is 15.3. The standard InChI is InChI=1S/C14H21NO14S/c1-4(16)15-8-11(10(19)7(27-13(8)22)3-26-30(23,24)25)29-14-9(18)5(17)2-6(28-14)12(20)21/h2,5,7-11,13-14,17-19,22H,3H2,1H3,(H,15,16)(H,20,21)(H,23,24,25)/t5-,7+,8+,9+,10+,11+,13?,14-/m0/s1. The van der Waals surface area contributed by atoms with Crippen molar-refractivity contribution < 1.29 is 66.5 Å². The van der Waals surface area contributed by atoms with E-state index in [1.165, 1.54) is 0 Å². The van der Waals surface area contributed by atoms with Crippen molar-refractivity contribution in [1.82, 2.24) is 5.32 Å². The van der Waals surface area contributed by atoms with Gasteiger partial charge in [-0.05, 0) is 6.08 Å². The molecule has 0 saturated carbocycles. The third-order valence-corrected chi connectivity index (χ3v) is 4.57. The Labute approximate surface area is 169 Å². The molecule has 1 saturated heterocycles. The van der Waals surface area contributed by atoms with Gasteiger partial charge in [0.1, 0.15) is 36.6 Å². The predicted molar refractivity (Wildman–Crippen MR) is 89.5 cm³/mol. The molecule has 0 radical (unpaired) electrons. The van der Waals surface area contributed by atoms with Crippen LogP contribution in [0.3, 0.4) is 0 Å². The summed E-state index contributed by atoms with van der Waals surface area (Å²) in [7, 11) is -4.93. The van der Waals surface area contributed by atoms with Crippen LogP contribution >= 0.6 is 0 Å². The lowest BCUT2D eigenvalue weighted by atomic mass is 9.96. The molecular formula is C14H21NO14S. The van der Waals surface area contributed by atoms with Crippen LogP contribution in [0.1, 0.15) is 6.92 Å². The average Bonchev–Trinajstić information content (AvgIpc) is 2.61. The Hall–Kier alpha value is -1.89. The quantitative estimate of drug-likeness (QED) is 0.179. The fraction of sp³-hybridized carbons (Fsp3) is 0.714. The van der Waals surface area contributed by atoms with Crippen LogP contribution in [-0.2, 0) is 38.4 Å². The summed E-state index contributed by atoms with van der Waals surface area (Å²) in [6.45, 7) is 0.0887. The number of carboxylic acids is 1. The molecule has 2 aliphatic heterocycles. The molecule has 16 heteroatoms. The maximum Gasteiger partial charge on any atom is 0.397 e. The second-order valence-corrected chi connectivity index (χ2v) is 7.49. The lowest BCUT2D eigenvalue weighted by Crippen LogP contribution is -2.66. The lowest BCUT2D eigenvalue weighted by molar-refractivity contribution is -0.301. The molecule has 15 nitrogen and oxygen atoms in total. The number of carbonyl (C=O) groups excluding carboxylic acids is 1. The lowest BCUT2D eigenvalue weighted by Gasteiger charge is -2.44. The number of hydrogen-bond acceptors (Lipinski definition) is 12. The topological polar surface area (TPSA) is 239 Å². The van der Waals surface area contributed by atoms with E-state index in [0.717, 1.165) is 6.92 Å². The summed E-state index contributed by atoms with van der Waals surface area (Å²) >= 11 is 0. The van der Waals surface area contributed by atoms with E-state index in [2.05, 4.69) is 9.50 Å². The number of nitrogens with one attached hydrogen (secondary N) is 1. The van der Waals surface area contributed by atoms with Gasteiger partial charge in [-0.1, -0.05) is 0 Å². The number of hydrogen-bond donors (Lipinski definition) is 7. The summed E-state index contributed by atoms with van der Waals surface area (Å²) in [6, 6.07) is -1.49. The van der Waals surface area contributed by atoms with Crippen molar-refractivity contribution >= 4 is 22.3 Å². The van der Waals surface area contributed by atoms with Crippen molar-refractivity contribution in [3.8, 4) is 0 Å². The van der Waals surface area contributed by atoms with Crippen LogP contribution in [0.5, 0.6) is 0 Å². The Morgan fingerprint density at radius 3 is 2.37 bits per heavy atom. The Kier molecular flexibility index (Phi) is 7.72. The van der Waals surface area contributed by atoms with E-state index >= 15 is 0 Å². The van der Waals surface area contributed by atoms with Gasteiger partial charge >= 0.3 is 16.4 Å². The highest BCUT2D eigenvalue weighted by Gasteiger charge is 2.49. The van der Waals surface area contributed by atoms with Crippen LogP contribution in [0.4, 0.5) is 0 Å². The van der Waals surface area contributed by atoms with Gasteiger partial charge in [0.15, 0.2) is 6.29 Å². The number of rotatable bonds is 7. The van der Waals surface area contributed by atoms with Crippen LogP contribution < -0.4 is 5.32 Å². The number of amides is 1. The smallest absolute Gasteiger partial charge is 0.397 e. The summed E-state index contributed by atoms with van der Waals surface area (Å²) in [5.41, 5.74) is 0. The monoisotopic (exact) mass is 459 g/mol. The zero-order valence-corrected chi connectivity index (χ0v) is 16.1. The number of carboxylic acid groups (broad SMARTS) is 1. The van der Waals surface area contributed by atoms with Gasteiger partial charge in [-0.3, -0.25) is 9.35 Å². The van der Waals surface area contributed by atoms with Gasteiger partial charge in [0.05, 0.1) is 6.61 Å². The normalized spacial score (nSPS) is 37.1. The molecule has 172 valence electrons. The molecule has 0 aromatic rings. The van der Waals surface area contributed by atoms with Crippen LogP contribution in [0.15, 0.2) is 11.8 Å². The highest BCUT2D eigenvalue weighted by molar-refractivity contribution is 7.80. The maximum absolute atomic E-state index is 11.4. The average molecular weight is 459 g/mol. The number of aliphatic hydroxyl groups is 4. The summed E-state index contributed by atoms with van der Waals surface area (Å²) < 4.78 is 49.5. The first-order valence-corrected chi connectivity index (χ1v) is 9.70. The van der Waals surface area contributed by atoms with Crippen LogP contribution in [0, 0.1) is 0 Å². The number of aliphatic carboxylic acids is 1. The molecule has 1 amide bonds. The van der Waals surface area contributed by atoms with E-state index in [0.29, 0.717) is 6.08 Å². The van der Waals surface area contributed by atoms with Crippen molar-refractivity contribution in [3.63, 3.8) is 0 Å². The van der Waals surface area contributed by atoms with Gasteiger partial charge in [-0.15, -0.1) is 0 Å². The number of carbonyl (C=O) groups is 2. The molecule has 8 atom stereocenters. The first-order valence-electron chi connectivity index (χ1n) is 8.34. The molecule has 0 bridgehead atoms. The minimum Gasteiger partial charge on any atom is -0.475 e. The molecule has 2 heterocycles. The zero-order chi connectivity index (χ0) is 22.8. The van der Waals surface area contributed by atoms with Crippen molar-refractivity contribution in [2.24, 2.45) is 0 Å². The van der Waals surface area contributed by atoms with Gasteiger partial charge in [-0.2, -0.15) is 8.42 Å². The van der Waals surface area contributed by atoms with E-state index < -0.39 is 83.8 Å². The van der Waals surface area contributed by atoms with Crippen molar-refractivity contribution in [1.29, 1.82) is 0 Å². The highest BCUT2D eigenvalue weighted by atomic mass is 32.3. The molecule has 0 spiro atoms. The fourth-order valence-electron chi connectivity index (χ4n) is 2.81. The predicted octanol–water partition coefficient (Wildman–Crippen LogP) is -4.18. The SMILES string of the molecule is CC(=O)N[C@H]1C(O)O[C@H](COS(=O)(=O)O)[C@@H](O)[C@@H]1O[C@@H]1OC(C(=O)O)=C[C@H](O)[C@H]1O. The molecule has 7 N–H and O–H groups in total. The van der Waals surface area contributed by atoms with E-state index in [1.807, 2.05) is 0 Å². The van der Waals surface area contributed by atoms with Gasteiger partial charge < -0.3 is 45.1 Å². The number of ether oxygens (including phenoxy) is 3. The second kappa shape index (κ2) is 9.50. The Bertz CT molecular complexity index is 784. The van der Waals surface area contributed by atoms with Gasteiger partial charge in [-0.25, -0.2) is 8.98 Å². The van der Waals surface area contributed by atoms with Crippen molar-refractivity contribution in [3.05, 3.63) is 11.8 Å². The van der Waals surface area contributed by atoms with E-state index in [4.69, 9.17) is 23.9 Å². The van der Waals surface area contributed by atoms with Crippen molar-refractivity contribution in [2.75, 3.05) is 6.61 Å². The van der Waals surface area contributed by atoms with Gasteiger partial charge in [0.25, 0.3) is 0 Å². The first kappa shape index (κ1) is 24.4. The Morgan fingerprint density at radius 1 is 1.20 bits per heavy atom. The van der Waals surface area contributed by atoms with Crippen molar-refractivity contribution in [2.45, 2.75) is 56.1 Å². The summed E-state index contributed by atoms with van der Waals surface area (Å²) in [4.78, 5) is 22.5. The second-order valence-electron chi connectivity index (χ2n) is 6.40. The molecule has 0 aromatic heterocycles. The molecule has 0 aromatic carbocycles. The van der Waals surface area contributed by atoms with E-state index in [9.17, 15) is 38.4 Å². The number of aliphatic hydroxyl groups excluding tert-OH is 4. The first-order chi connectivity index (χ1) is 13.8. The highest BCUT2D eigenvalue weighted by Crippen LogP contribution is 2.28. The third-order valence-electron chi connectivity index (χ3n) is 4.14. The van der Waals surface area contributed by atoms with Gasteiger partial charge in [0, 0.05) is 6.92 Å². The molecule has 1 unspecified atom stereocenters. The summed E-state index contributed by atoms with van der Waals surface area (Å²) in [5.74, 6) is -3.07. The fourth-order valence-corrected chi connectivity index (χ4v) is 3.11. The van der Waals surface area contributed by atoms with Crippen LogP contribution in [0.2, 0.25) is 0 Å². The third kappa shape index (κ3) is 6.06. The molecule has 30 heavy (non-hydrogen) atoms. The molecular weight excluding hydrogens is 438 g/mol. The van der Waals surface area contributed by atoms with Gasteiger partial charge in [0.2, 0.25) is 18.0 Å². The summed E-state index contributed by atoms with van der Waals surface area (Å²) in [6.07, 6.45) is -11.8. The molecule has 2 aliphatic rings. The minimum atomic E-state index is -4.93. The molecule has 0 aliphatic carbocycles. The molecule has 2 rings (SSSR count). The summed E-state index contributed by atoms with van der Waals surface area (Å²) in [5, 5.41) is 51.7. The van der Waals surface area contributed by atoms with E-state index in [-0.39, 0.29) is 0 Å². The Balaban J connectivity index is 2.26. The molecule has 1 fully saturated rings. The van der Waals surface area contributed by atoms with E-state index in [1.54, 1.807) is 0 Å². The minimum absolute atomic E-state index is 0.702. The maximum atomic E-state index is 11.4. The Morgan fingerprint density at radius 2 is 1.83 bits per heavy atom. The van der Waals surface area contributed by atoms with Crippen LogP contribution in [0.25, 0.3) is 0 Å². The van der Waals surface area contributed by atoms with Crippen LogP contribution in [-0.4, -0.2) is 106 Å².